The largest absolute Gasteiger partial charge is 0.497 e. The number of carbonyl (C=O) groups is 1. The summed E-state index contributed by atoms with van der Waals surface area (Å²) in [5.41, 5.74) is 1.38. The first-order valence-corrected chi connectivity index (χ1v) is 7.91. The molecule has 2 N–H and O–H groups in total. The summed E-state index contributed by atoms with van der Waals surface area (Å²) in [6, 6.07) is 12.4. The number of para-hydroxylation sites is 1. The van der Waals surface area contributed by atoms with E-state index in [-0.39, 0.29) is 19.1 Å². The van der Waals surface area contributed by atoms with Crippen LogP contribution in [-0.2, 0) is 0 Å². The molecule has 2 aromatic rings. The molecule has 0 heterocycles. The molecular formula is C19H23NO5. The molecule has 2 aromatic carbocycles. The lowest BCUT2D eigenvalue weighted by Crippen LogP contribution is -2.35. The predicted molar refractivity (Wildman–Crippen MR) is 94.6 cm³/mol. The lowest BCUT2D eigenvalue weighted by atomic mass is 10.2. The van der Waals surface area contributed by atoms with Crippen molar-refractivity contribution in [1.29, 1.82) is 0 Å². The summed E-state index contributed by atoms with van der Waals surface area (Å²) in [6.45, 7) is 2.09. The van der Waals surface area contributed by atoms with Crippen molar-refractivity contribution in [2.75, 3.05) is 27.4 Å². The predicted octanol–water partition coefficient (Wildman–Crippen LogP) is 2.18. The van der Waals surface area contributed by atoms with Gasteiger partial charge in [-0.15, -0.1) is 0 Å². The van der Waals surface area contributed by atoms with Crippen LogP contribution in [0.4, 0.5) is 0 Å². The van der Waals surface area contributed by atoms with E-state index >= 15 is 0 Å². The van der Waals surface area contributed by atoms with Crippen molar-refractivity contribution in [3.05, 3.63) is 53.6 Å². The van der Waals surface area contributed by atoms with Gasteiger partial charge in [0.15, 0.2) is 0 Å². The molecule has 0 aliphatic carbocycles. The molecule has 0 bridgehead atoms. The molecule has 1 unspecified atom stereocenters. The molecule has 6 nitrogen and oxygen atoms in total. The highest BCUT2D eigenvalue weighted by atomic mass is 16.5. The molecule has 2 rings (SSSR count). The van der Waals surface area contributed by atoms with Crippen molar-refractivity contribution in [3.8, 4) is 17.2 Å². The van der Waals surface area contributed by atoms with Gasteiger partial charge in [0.05, 0.1) is 14.2 Å². The maximum Gasteiger partial charge on any atom is 0.251 e. The summed E-state index contributed by atoms with van der Waals surface area (Å²) in [4.78, 5) is 12.2. The van der Waals surface area contributed by atoms with E-state index in [1.165, 1.54) is 14.2 Å². The van der Waals surface area contributed by atoms with Crippen LogP contribution in [0.25, 0.3) is 0 Å². The number of carbonyl (C=O) groups excluding carboxylic acids is 1. The Labute approximate surface area is 147 Å². The van der Waals surface area contributed by atoms with Crippen molar-refractivity contribution in [3.63, 3.8) is 0 Å². The Morgan fingerprint density at radius 1 is 1.12 bits per heavy atom. The van der Waals surface area contributed by atoms with Crippen LogP contribution in [0.2, 0.25) is 0 Å². The van der Waals surface area contributed by atoms with E-state index in [9.17, 15) is 9.90 Å². The molecule has 0 aromatic heterocycles. The minimum Gasteiger partial charge on any atom is -0.497 e. The molecule has 25 heavy (non-hydrogen) atoms. The summed E-state index contributed by atoms with van der Waals surface area (Å²) in [6.07, 6.45) is -0.823. The minimum absolute atomic E-state index is 0.0737. The molecule has 0 aliphatic rings. The second-order valence-electron chi connectivity index (χ2n) is 5.54. The number of hydrogen-bond acceptors (Lipinski definition) is 5. The van der Waals surface area contributed by atoms with Gasteiger partial charge in [-0.1, -0.05) is 18.2 Å². The van der Waals surface area contributed by atoms with Crippen LogP contribution in [0.1, 0.15) is 15.9 Å². The van der Waals surface area contributed by atoms with E-state index in [1.54, 1.807) is 18.2 Å². The highest BCUT2D eigenvalue weighted by molar-refractivity contribution is 5.95. The van der Waals surface area contributed by atoms with Gasteiger partial charge < -0.3 is 24.6 Å². The van der Waals surface area contributed by atoms with E-state index in [2.05, 4.69) is 5.32 Å². The summed E-state index contributed by atoms with van der Waals surface area (Å²) >= 11 is 0. The third-order valence-corrected chi connectivity index (χ3v) is 3.64. The maximum atomic E-state index is 12.2. The highest BCUT2D eigenvalue weighted by Gasteiger charge is 2.12. The number of aliphatic hydroxyl groups excluding tert-OH is 1. The van der Waals surface area contributed by atoms with Gasteiger partial charge in [-0.3, -0.25) is 4.79 Å². The fraction of sp³-hybridized carbons (Fsp3) is 0.316. The third-order valence-electron chi connectivity index (χ3n) is 3.64. The summed E-state index contributed by atoms with van der Waals surface area (Å²) < 4.78 is 15.9. The van der Waals surface area contributed by atoms with Crippen molar-refractivity contribution in [2.24, 2.45) is 0 Å². The molecule has 0 spiro atoms. The van der Waals surface area contributed by atoms with E-state index < -0.39 is 6.10 Å². The number of nitrogens with one attached hydrogen (secondary N) is 1. The van der Waals surface area contributed by atoms with Crippen molar-refractivity contribution in [2.45, 2.75) is 13.0 Å². The number of aryl methyl sites for hydroxylation is 1. The number of rotatable bonds is 8. The quantitative estimate of drug-likeness (QED) is 0.767. The van der Waals surface area contributed by atoms with E-state index in [0.717, 1.165) is 5.56 Å². The summed E-state index contributed by atoms with van der Waals surface area (Å²) in [7, 11) is 3.03. The van der Waals surface area contributed by atoms with Crippen molar-refractivity contribution < 1.29 is 24.1 Å². The molecule has 0 saturated carbocycles. The second-order valence-corrected chi connectivity index (χ2v) is 5.54. The Bertz CT molecular complexity index is 694. The van der Waals surface area contributed by atoms with Crippen LogP contribution >= 0.6 is 0 Å². The Kier molecular flexibility index (Phi) is 6.65. The SMILES string of the molecule is COc1cc(OC)cc(C(=O)NCC(O)COc2ccccc2C)c1. The van der Waals surface area contributed by atoms with E-state index in [0.29, 0.717) is 22.8 Å². The Morgan fingerprint density at radius 3 is 2.36 bits per heavy atom. The average Bonchev–Trinajstić information content (AvgIpc) is 2.64. The maximum absolute atomic E-state index is 12.2. The topological polar surface area (TPSA) is 77.0 Å². The zero-order valence-corrected chi connectivity index (χ0v) is 14.6. The van der Waals surface area contributed by atoms with Crippen LogP contribution in [0, 0.1) is 6.92 Å². The van der Waals surface area contributed by atoms with Gasteiger partial charge in [0.2, 0.25) is 0 Å². The third kappa shape index (κ3) is 5.39. The molecule has 1 amide bonds. The van der Waals surface area contributed by atoms with Gasteiger partial charge in [-0.25, -0.2) is 0 Å². The van der Waals surface area contributed by atoms with Crippen LogP contribution < -0.4 is 19.5 Å². The number of benzene rings is 2. The van der Waals surface area contributed by atoms with Gasteiger partial charge >= 0.3 is 0 Å². The average molecular weight is 345 g/mol. The van der Waals surface area contributed by atoms with Crippen molar-refractivity contribution >= 4 is 5.91 Å². The van der Waals surface area contributed by atoms with Gasteiger partial charge in [-0.2, -0.15) is 0 Å². The van der Waals surface area contributed by atoms with Crippen LogP contribution in [0.3, 0.4) is 0 Å². The lowest BCUT2D eigenvalue weighted by Gasteiger charge is -2.15. The first kappa shape index (κ1) is 18.6. The fourth-order valence-corrected chi connectivity index (χ4v) is 2.21. The smallest absolute Gasteiger partial charge is 0.251 e. The monoisotopic (exact) mass is 345 g/mol. The van der Waals surface area contributed by atoms with Gasteiger partial charge in [0.1, 0.15) is 30.0 Å². The number of hydrogen-bond donors (Lipinski definition) is 2. The van der Waals surface area contributed by atoms with Crippen LogP contribution in [0.15, 0.2) is 42.5 Å². The van der Waals surface area contributed by atoms with Gasteiger partial charge in [0, 0.05) is 18.2 Å². The first-order valence-electron chi connectivity index (χ1n) is 7.91. The molecular weight excluding hydrogens is 322 g/mol. The number of aliphatic hydroxyl groups is 1. The number of methoxy groups -OCH3 is 2. The summed E-state index contributed by atoms with van der Waals surface area (Å²) in [5, 5.41) is 12.7. The number of ether oxygens (including phenoxy) is 3. The molecule has 134 valence electrons. The summed E-state index contributed by atoms with van der Waals surface area (Å²) in [5.74, 6) is 1.43. The van der Waals surface area contributed by atoms with Crippen LogP contribution in [0.5, 0.6) is 17.2 Å². The van der Waals surface area contributed by atoms with Gasteiger partial charge in [-0.05, 0) is 30.7 Å². The lowest BCUT2D eigenvalue weighted by molar-refractivity contribution is 0.0842. The molecule has 0 radical (unpaired) electrons. The molecule has 0 aliphatic heterocycles. The minimum atomic E-state index is -0.823. The zero-order valence-electron chi connectivity index (χ0n) is 14.6. The Balaban J connectivity index is 1.88. The van der Waals surface area contributed by atoms with E-state index in [1.807, 2.05) is 31.2 Å². The Morgan fingerprint density at radius 2 is 1.76 bits per heavy atom. The Hall–Kier alpha value is -2.73. The van der Waals surface area contributed by atoms with E-state index in [4.69, 9.17) is 14.2 Å². The molecule has 1 atom stereocenters. The van der Waals surface area contributed by atoms with Crippen LogP contribution in [-0.4, -0.2) is 44.5 Å². The molecule has 0 fully saturated rings. The van der Waals surface area contributed by atoms with Crippen molar-refractivity contribution in [1.82, 2.24) is 5.32 Å². The highest BCUT2D eigenvalue weighted by Crippen LogP contribution is 2.22. The zero-order chi connectivity index (χ0) is 18.2. The normalized spacial score (nSPS) is 11.5. The molecule has 6 heteroatoms. The fourth-order valence-electron chi connectivity index (χ4n) is 2.21. The standard InChI is InChI=1S/C19H23NO5/c1-13-6-4-5-7-18(13)25-12-15(21)11-20-19(22)14-8-16(23-2)10-17(9-14)24-3/h4-10,15,21H,11-12H2,1-3H3,(H,20,22). The second kappa shape index (κ2) is 8.94. The first-order chi connectivity index (χ1) is 12.0. The number of amides is 1. The molecule has 0 saturated heterocycles. The van der Waals surface area contributed by atoms with Gasteiger partial charge in [0.25, 0.3) is 5.91 Å².